The van der Waals surface area contributed by atoms with Gasteiger partial charge in [0, 0.05) is 6.54 Å². The Morgan fingerprint density at radius 3 is 2.40 bits per heavy atom. The monoisotopic (exact) mass is 137 g/mol. The maximum atomic E-state index is 9.20. The van der Waals surface area contributed by atoms with Gasteiger partial charge in [-0.05, 0) is 5.56 Å². The summed E-state index contributed by atoms with van der Waals surface area (Å²) in [6.45, 7) is 0.282. The number of nitrogens with two attached hydrogens (primary N) is 1. The molecule has 0 radical (unpaired) electrons. The summed E-state index contributed by atoms with van der Waals surface area (Å²) in [7, 11) is 0. The van der Waals surface area contributed by atoms with Gasteiger partial charge in [-0.3, -0.25) is 0 Å². The van der Waals surface area contributed by atoms with Gasteiger partial charge >= 0.3 is 0 Å². The Morgan fingerprint density at radius 2 is 1.90 bits per heavy atom. The molecule has 2 nitrogen and oxygen atoms in total. The summed E-state index contributed by atoms with van der Waals surface area (Å²) in [5.41, 5.74) is 6.13. The first kappa shape index (κ1) is 7.25. The van der Waals surface area contributed by atoms with Crippen LogP contribution in [-0.2, 0) is 0 Å². The fourth-order valence-electron chi connectivity index (χ4n) is 0.811. The summed E-state index contributed by atoms with van der Waals surface area (Å²) in [6.07, 6.45) is -0.513. The molecule has 0 spiro atoms. The quantitative estimate of drug-likeness (QED) is 0.629. The standard InChI is InChI=1S/C8H11NO/c9-6-8(10)7-4-2-1-3-5-7/h1-5,8,10H,6,9H2/t8-/m1/s1. The lowest BCUT2D eigenvalue weighted by Gasteiger charge is -2.05. The second kappa shape index (κ2) is 3.34. The molecule has 0 unspecified atom stereocenters. The summed E-state index contributed by atoms with van der Waals surface area (Å²) >= 11 is 0. The van der Waals surface area contributed by atoms with Gasteiger partial charge in [0.2, 0.25) is 0 Å². The highest BCUT2D eigenvalue weighted by Gasteiger charge is 2.01. The van der Waals surface area contributed by atoms with Crippen LogP contribution >= 0.6 is 0 Å². The van der Waals surface area contributed by atoms with Crippen molar-refractivity contribution in [3.63, 3.8) is 0 Å². The topological polar surface area (TPSA) is 46.2 Å². The van der Waals surface area contributed by atoms with Crippen LogP contribution in [0.15, 0.2) is 30.3 Å². The molecule has 1 atom stereocenters. The predicted octanol–water partition coefficient (Wildman–Crippen LogP) is 0.679. The SMILES string of the molecule is NC[C@@H](O)c1ccccc1. The summed E-state index contributed by atoms with van der Waals surface area (Å²) in [5.74, 6) is 0. The van der Waals surface area contributed by atoms with Gasteiger partial charge in [0.05, 0.1) is 6.10 Å². The van der Waals surface area contributed by atoms with Crippen LogP contribution in [0.25, 0.3) is 0 Å². The van der Waals surface area contributed by atoms with Crippen LogP contribution in [0.1, 0.15) is 11.7 Å². The van der Waals surface area contributed by atoms with Crippen LogP contribution in [0.3, 0.4) is 0 Å². The van der Waals surface area contributed by atoms with Gasteiger partial charge in [-0.1, -0.05) is 30.3 Å². The van der Waals surface area contributed by atoms with Gasteiger partial charge in [0.1, 0.15) is 0 Å². The number of benzene rings is 1. The molecule has 0 aromatic heterocycles. The van der Waals surface area contributed by atoms with Gasteiger partial charge in [-0.2, -0.15) is 0 Å². The highest BCUT2D eigenvalue weighted by molar-refractivity contribution is 5.17. The van der Waals surface area contributed by atoms with E-state index in [4.69, 9.17) is 5.73 Å². The first-order valence-corrected chi connectivity index (χ1v) is 3.27. The minimum atomic E-state index is -0.513. The van der Waals surface area contributed by atoms with E-state index in [0.717, 1.165) is 5.56 Å². The predicted molar refractivity (Wildman–Crippen MR) is 40.5 cm³/mol. The molecular formula is C8H11NO. The van der Waals surface area contributed by atoms with Crippen molar-refractivity contribution in [3.8, 4) is 0 Å². The maximum Gasteiger partial charge on any atom is 0.0912 e. The molecule has 0 saturated heterocycles. The number of aliphatic hydroxyl groups is 1. The third-order valence-electron chi connectivity index (χ3n) is 1.41. The van der Waals surface area contributed by atoms with Crippen LogP contribution in [0.4, 0.5) is 0 Å². The number of rotatable bonds is 2. The Hall–Kier alpha value is -0.860. The molecule has 2 heteroatoms. The van der Waals surface area contributed by atoms with Crippen LogP contribution in [0.2, 0.25) is 0 Å². The Kier molecular flexibility index (Phi) is 2.42. The Bertz CT molecular complexity index is 186. The van der Waals surface area contributed by atoms with Crippen molar-refractivity contribution in [2.75, 3.05) is 6.54 Å². The van der Waals surface area contributed by atoms with E-state index in [2.05, 4.69) is 0 Å². The zero-order valence-electron chi connectivity index (χ0n) is 5.70. The summed E-state index contributed by atoms with van der Waals surface area (Å²) in [5, 5.41) is 9.20. The zero-order valence-corrected chi connectivity index (χ0v) is 5.70. The van der Waals surface area contributed by atoms with Crippen LogP contribution in [0.5, 0.6) is 0 Å². The third-order valence-corrected chi connectivity index (χ3v) is 1.41. The van der Waals surface area contributed by atoms with E-state index in [-0.39, 0.29) is 6.54 Å². The van der Waals surface area contributed by atoms with E-state index >= 15 is 0 Å². The molecule has 0 saturated carbocycles. The van der Waals surface area contributed by atoms with Crippen molar-refractivity contribution >= 4 is 0 Å². The lowest BCUT2D eigenvalue weighted by atomic mass is 10.1. The maximum absolute atomic E-state index is 9.20. The van der Waals surface area contributed by atoms with Crippen molar-refractivity contribution in [3.05, 3.63) is 35.9 Å². The zero-order chi connectivity index (χ0) is 7.40. The van der Waals surface area contributed by atoms with Gasteiger partial charge in [0.25, 0.3) is 0 Å². The lowest BCUT2D eigenvalue weighted by Crippen LogP contribution is -2.10. The normalized spacial score (nSPS) is 13.0. The molecule has 10 heavy (non-hydrogen) atoms. The van der Waals surface area contributed by atoms with Gasteiger partial charge in [-0.25, -0.2) is 0 Å². The fourth-order valence-corrected chi connectivity index (χ4v) is 0.811. The minimum absolute atomic E-state index is 0.282. The largest absolute Gasteiger partial charge is 0.387 e. The van der Waals surface area contributed by atoms with Crippen molar-refractivity contribution in [1.29, 1.82) is 0 Å². The average Bonchev–Trinajstić information content (AvgIpc) is 2.05. The molecule has 0 fully saturated rings. The Labute approximate surface area is 60.3 Å². The number of hydrogen-bond donors (Lipinski definition) is 2. The highest BCUT2D eigenvalue weighted by Crippen LogP contribution is 2.08. The number of aliphatic hydroxyl groups excluding tert-OH is 1. The molecule has 0 heterocycles. The molecule has 1 aromatic rings. The van der Waals surface area contributed by atoms with E-state index in [1.807, 2.05) is 30.3 Å². The summed E-state index contributed by atoms with van der Waals surface area (Å²) < 4.78 is 0. The second-order valence-electron chi connectivity index (χ2n) is 2.16. The molecule has 0 aliphatic carbocycles. The van der Waals surface area contributed by atoms with Crippen molar-refractivity contribution < 1.29 is 5.11 Å². The minimum Gasteiger partial charge on any atom is -0.387 e. The van der Waals surface area contributed by atoms with Gasteiger partial charge < -0.3 is 10.8 Å². The summed E-state index contributed by atoms with van der Waals surface area (Å²) in [6, 6.07) is 9.39. The van der Waals surface area contributed by atoms with Gasteiger partial charge in [0.15, 0.2) is 0 Å². The molecule has 1 rings (SSSR count). The molecule has 0 amide bonds. The van der Waals surface area contributed by atoms with E-state index < -0.39 is 6.10 Å². The smallest absolute Gasteiger partial charge is 0.0912 e. The first-order chi connectivity index (χ1) is 4.84. The van der Waals surface area contributed by atoms with Gasteiger partial charge in [-0.15, -0.1) is 0 Å². The summed E-state index contributed by atoms with van der Waals surface area (Å²) in [4.78, 5) is 0. The Balaban J connectivity index is 2.75. The van der Waals surface area contributed by atoms with Crippen molar-refractivity contribution in [2.45, 2.75) is 6.10 Å². The lowest BCUT2D eigenvalue weighted by molar-refractivity contribution is 0.187. The van der Waals surface area contributed by atoms with E-state index in [1.54, 1.807) is 0 Å². The number of hydrogen-bond acceptors (Lipinski definition) is 2. The molecule has 3 N–H and O–H groups in total. The van der Waals surface area contributed by atoms with E-state index in [0.29, 0.717) is 0 Å². The third kappa shape index (κ3) is 1.56. The highest BCUT2D eigenvalue weighted by atomic mass is 16.3. The molecular weight excluding hydrogens is 126 g/mol. The van der Waals surface area contributed by atoms with Crippen LogP contribution in [-0.4, -0.2) is 11.7 Å². The van der Waals surface area contributed by atoms with Crippen molar-refractivity contribution in [2.24, 2.45) is 5.73 Å². The fraction of sp³-hybridized carbons (Fsp3) is 0.250. The molecule has 0 aliphatic heterocycles. The van der Waals surface area contributed by atoms with Crippen molar-refractivity contribution in [1.82, 2.24) is 0 Å². The van der Waals surface area contributed by atoms with E-state index in [1.165, 1.54) is 0 Å². The Morgan fingerprint density at radius 1 is 1.30 bits per heavy atom. The van der Waals surface area contributed by atoms with Crippen LogP contribution < -0.4 is 5.73 Å². The average molecular weight is 137 g/mol. The molecule has 0 aliphatic rings. The molecule has 1 aromatic carbocycles. The second-order valence-corrected chi connectivity index (χ2v) is 2.16. The molecule has 0 bridgehead atoms. The van der Waals surface area contributed by atoms with Crippen LogP contribution in [0, 0.1) is 0 Å². The molecule has 54 valence electrons. The van der Waals surface area contributed by atoms with E-state index in [9.17, 15) is 5.11 Å². The first-order valence-electron chi connectivity index (χ1n) is 3.27.